The first kappa shape index (κ1) is 17.2. The molecule has 0 radical (unpaired) electrons. The molecule has 0 aromatic heterocycles. The van der Waals surface area contributed by atoms with Crippen LogP contribution in [0.4, 0.5) is 0 Å². The van der Waals surface area contributed by atoms with Crippen LogP contribution >= 0.6 is 0 Å². The maximum Gasteiger partial charge on any atom is 0.0473 e. The number of hydrogen-bond acceptors (Lipinski definition) is 2. The second kappa shape index (κ2) is 8.43. The van der Waals surface area contributed by atoms with E-state index >= 15 is 0 Å². The van der Waals surface area contributed by atoms with Crippen molar-refractivity contribution in [2.24, 2.45) is 5.73 Å². The van der Waals surface area contributed by atoms with Crippen LogP contribution in [-0.4, -0.2) is 24.0 Å². The van der Waals surface area contributed by atoms with Crippen LogP contribution in [0.25, 0.3) is 0 Å². The van der Waals surface area contributed by atoms with Crippen molar-refractivity contribution in [2.75, 3.05) is 13.1 Å². The van der Waals surface area contributed by atoms with Crippen LogP contribution in [0.2, 0.25) is 0 Å². The molecule has 1 rings (SSSR count). The number of rotatable bonds is 8. The van der Waals surface area contributed by atoms with Crippen molar-refractivity contribution in [3.63, 3.8) is 0 Å². The second-order valence-corrected chi connectivity index (χ2v) is 6.02. The minimum absolute atomic E-state index is 0.343. The van der Waals surface area contributed by atoms with E-state index in [4.69, 9.17) is 5.73 Å². The normalized spacial score (nSPS) is 14.6. The summed E-state index contributed by atoms with van der Waals surface area (Å²) in [5.74, 6) is 0. The summed E-state index contributed by atoms with van der Waals surface area (Å²) in [7, 11) is 0. The molecule has 20 heavy (non-hydrogen) atoms. The smallest absolute Gasteiger partial charge is 0.0473 e. The van der Waals surface area contributed by atoms with Gasteiger partial charge >= 0.3 is 0 Å². The highest BCUT2D eigenvalue weighted by Crippen LogP contribution is 2.25. The molecule has 0 aliphatic heterocycles. The molecule has 0 spiro atoms. The van der Waals surface area contributed by atoms with Crippen LogP contribution in [0.1, 0.15) is 62.8 Å². The van der Waals surface area contributed by atoms with Gasteiger partial charge in [0.05, 0.1) is 0 Å². The Bertz CT molecular complexity index is 380. The Balaban J connectivity index is 3.04. The fourth-order valence-corrected chi connectivity index (χ4v) is 2.92. The van der Waals surface area contributed by atoms with Gasteiger partial charge in [0.15, 0.2) is 0 Å². The molecule has 0 amide bonds. The number of aryl methyl sites for hydroxylation is 2. The van der Waals surface area contributed by atoms with E-state index in [1.807, 2.05) is 0 Å². The Hall–Kier alpha value is -0.860. The highest BCUT2D eigenvalue weighted by Gasteiger charge is 2.22. The minimum atomic E-state index is 0.343. The molecule has 1 aromatic carbocycles. The van der Waals surface area contributed by atoms with E-state index in [9.17, 15) is 0 Å². The fraction of sp³-hybridized carbons (Fsp3) is 0.667. The Morgan fingerprint density at radius 3 is 2.15 bits per heavy atom. The van der Waals surface area contributed by atoms with Crippen molar-refractivity contribution < 1.29 is 0 Å². The van der Waals surface area contributed by atoms with Gasteiger partial charge in [-0.05, 0) is 45.7 Å². The molecule has 0 heterocycles. The second-order valence-electron chi connectivity index (χ2n) is 6.02. The first-order valence-corrected chi connectivity index (χ1v) is 8.07. The third-order valence-corrected chi connectivity index (χ3v) is 4.18. The maximum absolute atomic E-state index is 6.13. The number of unbranched alkanes of at least 4 members (excludes halogenated alkanes) is 1. The Labute approximate surface area is 125 Å². The Morgan fingerprint density at radius 1 is 1.10 bits per heavy atom. The molecule has 0 saturated heterocycles. The number of nitrogens with zero attached hydrogens (tertiary/aromatic N) is 1. The molecule has 0 aliphatic rings. The van der Waals surface area contributed by atoms with Gasteiger partial charge in [0.1, 0.15) is 0 Å². The summed E-state index contributed by atoms with van der Waals surface area (Å²) in [6.07, 6.45) is 3.65. The lowest BCUT2D eigenvalue weighted by molar-refractivity contribution is 0.141. The summed E-state index contributed by atoms with van der Waals surface area (Å²) in [6.45, 7) is 13.0. The van der Waals surface area contributed by atoms with Gasteiger partial charge in [-0.3, -0.25) is 4.90 Å². The minimum Gasteiger partial charge on any atom is -0.329 e. The summed E-state index contributed by atoms with van der Waals surface area (Å²) in [4.78, 5) is 2.59. The highest BCUT2D eigenvalue weighted by molar-refractivity contribution is 5.31. The average molecular weight is 276 g/mol. The van der Waals surface area contributed by atoms with Crippen molar-refractivity contribution in [3.05, 3.63) is 34.9 Å². The molecule has 2 atom stereocenters. The van der Waals surface area contributed by atoms with Gasteiger partial charge in [-0.25, -0.2) is 0 Å². The topological polar surface area (TPSA) is 29.3 Å². The van der Waals surface area contributed by atoms with Gasteiger partial charge in [0, 0.05) is 18.6 Å². The predicted molar refractivity (Wildman–Crippen MR) is 89.1 cm³/mol. The van der Waals surface area contributed by atoms with Crippen molar-refractivity contribution >= 4 is 0 Å². The third kappa shape index (κ3) is 4.60. The zero-order valence-electron chi connectivity index (χ0n) is 13.9. The molecule has 0 aliphatic carbocycles. The number of nitrogens with two attached hydrogens (primary N) is 1. The molecule has 2 nitrogen and oxygen atoms in total. The van der Waals surface area contributed by atoms with E-state index in [-0.39, 0.29) is 0 Å². The standard InChI is InChI=1S/C18H32N2/c1-6-8-9-20(16(5)7-2)18(13-19)17-11-14(3)10-15(4)12-17/h10-12,16,18H,6-9,13,19H2,1-5H3. The largest absolute Gasteiger partial charge is 0.329 e. The van der Waals surface area contributed by atoms with Gasteiger partial charge in [0.2, 0.25) is 0 Å². The van der Waals surface area contributed by atoms with Crippen molar-refractivity contribution in [3.8, 4) is 0 Å². The summed E-state index contributed by atoms with van der Waals surface area (Å²) in [6, 6.07) is 7.75. The first-order chi connectivity index (χ1) is 9.53. The molecule has 2 unspecified atom stereocenters. The van der Waals surface area contributed by atoms with Crippen LogP contribution < -0.4 is 5.73 Å². The molecule has 0 fully saturated rings. The zero-order valence-corrected chi connectivity index (χ0v) is 13.9. The quantitative estimate of drug-likeness (QED) is 0.771. The fourth-order valence-electron chi connectivity index (χ4n) is 2.92. The van der Waals surface area contributed by atoms with Crippen LogP contribution in [0.3, 0.4) is 0 Å². The molecule has 114 valence electrons. The molecule has 2 N–H and O–H groups in total. The van der Waals surface area contributed by atoms with Crippen LogP contribution in [0.15, 0.2) is 18.2 Å². The summed E-state index contributed by atoms with van der Waals surface area (Å²) in [5, 5.41) is 0. The van der Waals surface area contributed by atoms with Gasteiger partial charge in [0.25, 0.3) is 0 Å². The van der Waals surface area contributed by atoms with Crippen LogP contribution in [0.5, 0.6) is 0 Å². The summed E-state index contributed by atoms with van der Waals surface area (Å²) in [5.41, 5.74) is 10.2. The maximum atomic E-state index is 6.13. The zero-order chi connectivity index (χ0) is 15.1. The van der Waals surface area contributed by atoms with E-state index in [0.29, 0.717) is 18.6 Å². The van der Waals surface area contributed by atoms with E-state index in [1.165, 1.54) is 36.0 Å². The third-order valence-electron chi connectivity index (χ3n) is 4.18. The van der Waals surface area contributed by atoms with E-state index in [2.05, 4.69) is 57.7 Å². The molecule has 0 saturated carbocycles. The van der Waals surface area contributed by atoms with Crippen molar-refractivity contribution in [1.82, 2.24) is 4.90 Å². The van der Waals surface area contributed by atoms with E-state index in [0.717, 1.165) is 6.54 Å². The molecular formula is C18H32N2. The Kier molecular flexibility index (Phi) is 7.25. The van der Waals surface area contributed by atoms with Gasteiger partial charge in [-0.2, -0.15) is 0 Å². The van der Waals surface area contributed by atoms with Crippen molar-refractivity contribution in [1.29, 1.82) is 0 Å². The highest BCUT2D eigenvalue weighted by atomic mass is 15.2. The molecular weight excluding hydrogens is 244 g/mol. The lowest BCUT2D eigenvalue weighted by Gasteiger charge is -2.36. The number of benzene rings is 1. The lowest BCUT2D eigenvalue weighted by Crippen LogP contribution is -2.40. The predicted octanol–water partition coefficient (Wildman–Crippen LogP) is 4.20. The lowest BCUT2D eigenvalue weighted by atomic mass is 9.98. The average Bonchev–Trinajstić information content (AvgIpc) is 2.41. The molecule has 0 bridgehead atoms. The first-order valence-electron chi connectivity index (χ1n) is 8.07. The monoisotopic (exact) mass is 276 g/mol. The molecule has 1 aromatic rings. The summed E-state index contributed by atoms with van der Waals surface area (Å²) >= 11 is 0. The van der Waals surface area contributed by atoms with E-state index < -0.39 is 0 Å². The van der Waals surface area contributed by atoms with Crippen molar-refractivity contribution in [2.45, 2.75) is 66.0 Å². The molecule has 2 heteroatoms. The number of hydrogen-bond donors (Lipinski definition) is 1. The Morgan fingerprint density at radius 2 is 1.70 bits per heavy atom. The SMILES string of the molecule is CCCCN(C(C)CC)C(CN)c1cc(C)cc(C)c1. The van der Waals surface area contributed by atoms with Gasteiger partial charge in [-0.1, -0.05) is 49.6 Å². The summed E-state index contributed by atoms with van der Waals surface area (Å²) < 4.78 is 0. The van der Waals surface area contributed by atoms with Gasteiger partial charge in [-0.15, -0.1) is 0 Å². The van der Waals surface area contributed by atoms with E-state index in [1.54, 1.807) is 0 Å². The van der Waals surface area contributed by atoms with Gasteiger partial charge < -0.3 is 5.73 Å². The van der Waals surface area contributed by atoms with Crippen LogP contribution in [-0.2, 0) is 0 Å². The van der Waals surface area contributed by atoms with Crippen LogP contribution in [0, 0.1) is 13.8 Å².